The molecule has 1 unspecified atom stereocenters. The number of carboxylic acids is 1. The molecule has 0 saturated carbocycles. The summed E-state index contributed by atoms with van der Waals surface area (Å²) in [5.41, 5.74) is 0. The number of piperidine rings is 1. The molecule has 2 saturated heterocycles. The zero-order valence-electron chi connectivity index (χ0n) is 11.9. The second-order valence-electron chi connectivity index (χ2n) is 5.24. The van der Waals surface area contributed by atoms with Gasteiger partial charge in [0.05, 0.1) is 11.6 Å². The van der Waals surface area contributed by atoms with E-state index in [1.165, 1.54) is 21.0 Å². The van der Waals surface area contributed by atoms with E-state index in [0.29, 0.717) is 37.6 Å². The lowest BCUT2D eigenvalue weighted by molar-refractivity contribution is -0.149. The van der Waals surface area contributed by atoms with Gasteiger partial charge in [-0.1, -0.05) is 0 Å². The molecular weight excluding hydrogens is 316 g/mol. The first-order chi connectivity index (χ1) is 9.86. The van der Waals surface area contributed by atoms with Gasteiger partial charge in [-0.15, -0.1) is 11.8 Å². The van der Waals surface area contributed by atoms with Gasteiger partial charge in [0.25, 0.3) is 0 Å². The number of carbonyl (C=O) groups excluding carboxylic acids is 1. The van der Waals surface area contributed by atoms with Crippen LogP contribution in [-0.4, -0.2) is 71.1 Å². The van der Waals surface area contributed by atoms with Crippen molar-refractivity contribution in [2.45, 2.75) is 25.8 Å². The highest BCUT2D eigenvalue weighted by Gasteiger charge is 2.39. The third-order valence-electron chi connectivity index (χ3n) is 4.01. The Hall–Kier alpha value is -0.800. The number of carboxylic acid groups (broad SMARTS) is 1. The first-order valence-corrected chi connectivity index (χ1v) is 9.72. The summed E-state index contributed by atoms with van der Waals surface area (Å²) in [5.74, 6) is -0.503. The molecule has 2 fully saturated rings. The van der Waals surface area contributed by atoms with E-state index in [-0.39, 0.29) is 17.6 Å². The van der Waals surface area contributed by atoms with Crippen molar-refractivity contribution in [1.29, 1.82) is 0 Å². The van der Waals surface area contributed by atoms with Crippen molar-refractivity contribution in [2.75, 3.05) is 30.5 Å². The van der Waals surface area contributed by atoms with Gasteiger partial charge in [-0.3, -0.25) is 4.79 Å². The van der Waals surface area contributed by atoms with Crippen LogP contribution in [0.1, 0.15) is 19.8 Å². The van der Waals surface area contributed by atoms with Crippen LogP contribution in [0.3, 0.4) is 0 Å². The topological polar surface area (TPSA) is 95.0 Å². The van der Waals surface area contributed by atoms with E-state index in [1.54, 1.807) is 6.92 Å². The fourth-order valence-corrected chi connectivity index (χ4v) is 4.95. The van der Waals surface area contributed by atoms with Crippen molar-refractivity contribution in [3.63, 3.8) is 0 Å². The van der Waals surface area contributed by atoms with Crippen LogP contribution in [0.25, 0.3) is 0 Å². The number of carbonyl (C=O) groups is 2. The largest absolute Gasteiger partial charge is 0.480 e. The molecule has 7 nitrogen and oxygen atoms in total. The Morgan fingerprint density at radius 2 is 1.90 bits per heavy atom. The summed E-state index contributed by atoms with van der Waals surface area (Å²) in [4.78, 5) is 25.0. The van der Waals surface area contributed by atoms with Gasteiger partial charge in [-0.25, -0.2) is 17.5 Å². The maximum absolute atomic E-state index is 12.4. The summed E-state index contributed by atoms with van der Waals surface area (Å²) < 4.78 is 25.0. The number of thioether (sulfide) groups is 1. The van der Waals surface area contributed by atoms with Gasteiger partial charge in [-0.2, -0.15) is 0 Å². The Morgan fingerprint density at radius 3 is 2.43 bits per heavy atom. The number of rotatable bonds is 4. The van der Waals surface area contributed by atoms with Crippen molar-refractivity contribution >= 4 is 33.7 Å². The third-order valence-corrected chi connectivity index (χ3v) is 6.91. The molecule has 21 heavy (non-hydrogen) atoms. The summed E-state index contributed by atoms with van der Waals surface area (Å²) in [7, 11) is -3.20. The first-order valence-electron chi connectivity index (χ1n) is 6.95. The molecule has 1 atom stereocenters. The van der Waals surface area contributed by atoms with E-state index in [9.17, 15) is 18.0 Å². The average Bonchev–Trinajstić information content (AvgIpc) is 2.96. The number of sulfonamides is 1. The molecule has 0 bridgehead atoms. The van der Waals surface area contributed by atoms with Gasteiger partial charge in [0, 0.05) is 24.8 Å². The van der Waals surface area contributed by atoms with Crippen molar-refractivity contribution in [1.82, 2.24) is 9.21 Å². The zero-order chi connectivity index (χ0) is 15.6. The molecule has 9 heteroatoms. The SMILES string of the molecule is CCS(=O)(=O)N1CCC(C(=O)N2CSCC2C(=O)O)CC1. The van der Waals surface area contributed by atoms with Crippen molar-refractivity contribution in [2.24, 2.45) is 5.92 Å². The Balaban J connectivity index is 1.96. The lowest BCUT2D eigenvalue weighted by Gasteiger charge is -2.33. The highest BCUT2D eigenvalue weighted by Crippen LogP contribution is 2.27. The Kier molecular flexibility index (Phi) is 5.15. The lowest BCUT2D eigenvalue weighted by Crippen LogP contribution is -2.48. The fraction of sp³-hybridized carbons (Fsp3) is 0.833. The second-order valence-corrected chi connectivity index (χ2v) is 8.49. The summed E-state index contributed by atoms with van der Waals surface area (Å²) in [5, 5.41) is 9.12. The predicted octanol–water partition coefficient (Wildman–Crippen LogP) is 0.0342. The summed E-state index contributed by atoms with van der Waals surface area (Å²) in [6, 6.07) is -0.750. The smallest absolute Gasteiger partial charge is 0.327 e. The molecule has 0 aromatic heterocycles. The van der Waals surface area contributed by atoms with Crippen LogP contribution >= 0.6 is 11.8 Å². The standard InChI is InChI=1S/C12H20N2O5S2/c1-2-21(18,19)13-5-3-9(4-6-13)11(15)14-8-20-7-10(14)12(16)17/h9-10H,2-8H2,1H3,(H,16,17). The van der Waals surface area contributed by atoms with Gasteiger partial charge in [-0.05, 0) is 19.8 Å². The second kappa shape index (κ2) is 6.53. The molecule has 2 rings (SSSR count). The Bertz CT molecular complexity index is 514. The van der Waals surface area contributed by atoms with Gasteiger partial charge in [0.15, 0.2) is 0 Å². The molecule has 0 radical (unpaired) electrons. The molecule has 2 aliphatic heterocycles. The van der Waals surface area contributed by atoms with Crippen LogP contribution in [0, 0.1) is 5.92 Å². The zero-order valence-corrected chi connectivity index (χ0v) is 13.5. The normalized spacial score (nSPS) is 25.2. The van der Waals surface area contributed by atoms with E-state index in [0.717, 1.165) is 0 Å². The Morgan fingerprint density at radius 1 is 1.29 bits per heavy atom. The highest BCUT2D eigenvalue weighted by atomic mass is 32.2. The minimum absolute atomic E-state index is 0.0649. The molecule has 2 aliphatic rings. The maximum Gasteiger partial charge on any atom is 0.327 e. The summed E-state index contributed by atoms with van der Waals surface area (Å²) >= 11 is 1.44. The molecule has 0 spiro atoms. The summed E-state index contributed by atoms with van der Waals surface area (Å²) in [6.45, 7) is 2.28. The third kappa shape index (κ3) is 3.51. The number of aliphatic carboxylic acids is 1. The molecule has 1 N–H and O–H groups in total. The highest BCUT2D eigenvalue weighted by molar-refractivity contribution is 7.99. The van der Waals surface area contributed by atoms with E-state index in [1.807, 2.05) is 0 Å². The minimum atomic E-state index is -3.20. The summed E-state index contributed by atoms with van der Waals surface area (Å²) in [6.07, 6.45) is 0.928. The van der Waals surface area contributed by atoms with Crippen LogP contribution in [0.15, 0.2) is 0 Å². The number of nitrogens with zero attached hydrogens (tertiary/aromatic N) is 2. The first kappa shape index (κ1) is 16.6. The molecule has 0 aliphatic carbocycles. The molecule has 1 amide bonds. The van der Waals surface area contributed by atoms with E-state index in [4.69, 9.17) is 5.11 Å². The number of hydrogen-bond donors (Lipinski definition) is 1. The lowest BCUT2D eigenvalue weighted by atomic mass is 9.96. The molecule has 0 aromatic carbocycles. The quantitative estimate of drug-likeness (QED) is 0.778. The van der Waals surface area contributed by atoms with Crippen LogP contribution in [-0.2, 0) is 19.6 Å². The molecule has 0 aromatic rings. The van der Waals surface area contributed by atoms with E-state index >= 15 is 0 Å². The van der Waals surface area contributed by atoms with Gasteiger partial charge in [0.2, 0.25) is 15.9 Å². The molecule has 2 heterocycles. The van der Waals surface area contributed by atoms with Crippen LogP contribution < -0.4 is 0 Å². The van der Waals surface area contributed by atoms with Crippen molar-refractivity contribution < 1.29 is 23.1 Å². The van der Waals surface area contributed by atoms with Crippen molar-refractivity contribution in [3.05, 3.63) is 0 Å². The van der Waals surface area contributed by atoms with Crippen LogP contribution in [0.2, 0.25) is 0 Å². The van der Waals surface area contributed by atoms with Gasteiger partial charge in [0.1, 0.15) is 6.04 Å². The average molecular weight is 336 g/mol. The van der Waals surface area contributed by atoms with E-state index in [2.05, 4.69) is 0 Å². The minimum Gasteiger partial charge on any atom is -0.480 e. The molecule has 120 valence electrons. The predicted molar refractivity (Wildman–Crippen MR) is 79.4 cm³/mol. The fourth-order valence-electron chi connectivity index (χ4n) is 2.66. The monoisotopic (exact) mass is 336 g/mol. The van der Waals surface area contributed by atoms with Crippen molar-refractivity contribution in [3.8, 4) is 0 Å². The molecular formula is C12H20N2O5S2. The van der Waals surface area contributed by atoms with Crippen LogP contribution in [0.5, 0.6) is 0 Å². The van der Waals surface area contributed by atoms with E-state index < -0.39 is 22.0 Å². The number of hydrogen-bond acceptors (Lipinski definition) is 5. The van der Waals surface area contributed by atoms with Gasteiger partial charge < -0.3 is 10.0 Å². The maximum atomic E-state index is 12.4. The Labute approximate surface area is 128 Å². The van der Waals surface area contributed by atoms with Crippen LogP contribution in [0.4, 0.5) is 0 Å². The van der Waals surface area contributed by atoms with Gasteiger partial charge >= 0.3 is 5.97 Å². The number of amides is 1.